The maximum atomic E-state index is 12.4. The molecule has 164 valence electrons. The van der Waals surface area contributed by atoms with Crippen LogP contribution in [-0.4, -0.2) is 19.0 Å². The van der Waals surface area contributed by atoms with Crippen LogP contribution in [0.4, 0.5) is 5.69 Å². The molecular formula is C24H15Cl2N3O4. The van der Waals surface area contributed by atoms with E-state index >= 15 is 0 Å². The lowest BCUT2D eigenvalue weighted by molar-refractivity contribution is -0.115. The van der Waals surface area contributed by atoms with Gasteiger partial charge in [-0.15, -0.1) is 0 Å². The Morgan fingerprint density at radius 2 is 1.64 bits per heavy atom. The lowest BCUT2D eigenvalue weighted by Gasteiger charge is -2.11. The number of hydrogen-bond acceptors (Lipinski definition) is 6. The topological polar surface area (TPSA) is 112 Å². The molecule has 0 aliphatic carbocycles. The third-order valence-corrected chi connectivity index (χ3v) is 5.03. The molecule has 0 aliphatic rings. The Morgan fingerprint density at radius 3 is 2.21 bits per heavy atom. The van der Waals surface area contributed by atoms with E-state index in [2.05, 4.69) is 10.1 Å². The van der Waals surface area contributed by atoms with Crippen LogP contribution in [0.2, 0.25) is 10.0 Å². The predicted molar refractivity (Wildman–Crippen MR) is 123 cm³/mol. The number of ether oxygens (including phenoxy) is 2. The average Bonchev–Trinajstić information content (AvgIpc) is 2.81. The number of amides is 1. The normalized spacial score (nSPS) is 9.97. The number of nitrogens with one attached hydrogen (secondary N) is 1. The largest absolute Gasteiger partial charge is 0.465 e. The van der Waals surface area contributed by atoms with Gasteiger partial charge in [0, 0.05) is 0 Å². The maximum Gasteiger partial charge on any atom is 0.337 e. The zero-order valence-electron chi connectivity index (χ0n) is 17.2. The van der Waals surface area contributed by atoms with Gasteiger partial charge in [0.15, 0.2) is 0 Å². The average molecular weight is 480 g/mol. The first-order chi connectivity index (χ1) is 15.8. The van der Waals surface area contributed by atoms with Crippen molar-refractivity contribution in [1.29, 1.82) is 10.5 Å². The maximum absolute atomic E-state index is 12.4. The molecule has 0 fully saturated rings. The minimum absolute atomic E-state index is 0.0115. The first-order valence-electron chi connectivity index (χ1n) is 9.42. The summed E-state index contributed by atoms with van der Waals surface area (Å²) in [6, 6.07) is 17.6. The molecule has 0 unspecified atom stereocenters. The highest BCUT2D eigenvalue weighted by Crippen LogP contribution is 2.31. The molecule has 3 rings (SSSR count). The number of anilines is 1. The van der Waals surface area contributed by atoms with Crippen LogP contribution in [0.15, 0.2) is 54.6 Å². The highest BCUT2D eigenvalue weighted by Gasteiger charge is 2.13. The predicted octanol–water partition coefficient (Wildman–Crippen LogP) is 5.50. The molecule has 7 nitrogen and oxygen atoms in total. The lowest BCUT2D eigenvalue weighted by atomic mass is 10.1. The Labute approximate surface area is 199 Å². The van der Waals surface area contributed by atoms with Crippen LogP contribution in [0.1, 0.15) is 27.0 Å². The van der Waals surface area contributed by atoms with Gasteiger partial charge in [-0.1, -0.05) is 29.3 Å². The van der Waals surface area contributed by atoms with Gasteiger partial charge in [-0.05, 0) is 54.1 Å². The fraction of sp³-hybridized carbons (Fsp3) is 0.0833. The molecule has 0 radical (unpaired) electrons. The van der Waals surface area contributed by atoms with Crippen LogP contribution in [0.5, 0.6) is 11.5 Å². The fourth-order valence-corrected chi connectivity index (χ4v) is 3.36. The van der Waals surface area contributed by atoms with E-state index in [1.165, 1.54) is 43.5 Å². The minimum atomic E-state index is -0.532. The van der Waals surface area contributed by atoms with Crippen molar-refractivity contribution in [3.63, 3.8) is 0 Å². The lowest BCUT2D eigenvalue weighted by Crippen LogP contribution is -2.15. The molecular weight excluding hydrogens is 465 g/mol. The Balaban J connectivity index is 1.69. The number of carbonyl (C=O) groups is 2. The van der Waals surface area contributed by atoms with E-state index < -0.39 is 5.97 Å². The Bertz CT molecular complexity index is 1290. The van der Waals surface area contributed by atoms with Crippen LogP contribution >= 0.6 is 23.2 Å². The van der Waals surface area contributed by atoms with Gasteiger partial charge >= 0.3 is 5.97 Å². The second-order valence-corrected chi connectivity index (χ2v) is 7.56. The Kier molecular flexibility index (Phi) is 7.53. The van der Waals surface area contributed by atoms with Crippen LogP contribution < -0.4 is 10.1 Å². The van der Waals surface area contributed by atoms with E-state index in [0.29, 0.717) is 22.7 Å². The molecule has 0 aromatic heterocycles. The molecule has 9 heteroatoms. The summed E-state index contributed by atoms with van der Waals surface area (Å²) in [7, 11) is 1.26. The summed E-state index contributed by atoms with van der Waals surface area (Å²) in [5.41, 5.74) is 1.81. The summed E-state index contributed by atoms with van der Waals surface area (Å²) >= 11 is 12.4. The van der Waals surface area contributed by atoms with Crippen molar-refractivity contribution in [2.24, 2.45) is 0 Å². The second kappa shape index (κ2) is 10.5. The second-order valence-electron chi connectivity index (χ2n) is 6.75. The van der Waals surface area contributed by atoms with E-state index in [1.807, 2.05) is 12.1 Å². The molecule has 0 saturated carbocycles. The Morgan fingerprint density at radius 1 is 0.939 bits per heavy atom. The molecule has 0 spiro atoms. The number of hydrogen-bond donors (Lipinski definition) is 1. The van der Waals surface area contributed by atoms with Gasteiger partial charge in [0.05, 0.1) is 58.1 Å². The molecule has 0 heterocycles. The zero-order chi connectivity index (χ0) is 24.0. The SMILES string of the molecule is COC(=O)c1ccc(NC(=O)Cc2ccc(Oc3cc(C#N)cc(C#N)c3)c(Cl)c2)c(Cl)c1. The molecule has 0 aliphatic heterocycles. The number of benzene rings is 3. The van der Waals surface area contributed by atoms with E-state index in [1.54, 1.807) is 18.2 Å². The van der Waals surface area contributed by atoms with Crippen molar-refractivity contribution < 1.29 is 19.1 Å². The van der Waals surface area contributed by atoms with Crippen molar-refractivity contribution in [3.05, 3.63) is 86.9 Å². The van der Waals surface area contributed by atoms with Gasteiger partial charge in [-0.3, -0.25) is 4.79 Å². The van der Waals surface area contributed by atoms with Gasteiger partial charge in [-0.25, -0.2) is 4.79 Å². The van der Waals surface area contributed by atoms with Crippen molar-refractivity contribution in [2.45, 2.75) is 6.42 Å². The molecule has 33 heavy (non-hydrogen) atoms. The number of carbonyl (C=O) groups excluding carboxylic acids is 2. The summed E-state index contributed by atoms with van der Waals surface area (Å²) < 4.78 is 10.4. The molecule has 3 aromatic carbocycles. The number of nitrogens with zero attached hydrogens (tertiary/aromatic N) is 2. The molecule has 0 bridgehead atoms. The number of nitriles is 2. The van der Waals surface area contributed by atoms with Crippen molar-refractivity contribution in [1.82, 2.24) is 0 Å². The minimum Gasteiger partial charge on any atom is -0.465 e. The third-order valence-electron chi connectivity index (χ3n) is 4.42. The van der Waals surface area contributed by atoms with Crippen LogP contribution in [0.3, 0.4) is 0 Å². The van der Waals surface area contributed by atoms with Crippen LogP contribution in [0.25, 0.3) is 0 Å². The number of halogens is 2. The summed E-state index contributed by atoms with van der Waals surface area (Å²) in [6.45, 7) is 0. The third kappa shape index (κ3) is 6.02. The van der Waals surface area contributed by atoms with Gasteiger partial charge in [0.1, 0.15) is 11.5 Å². The summed E-state index contributed by atoms with van der Waals surface area (Å²) in [5, 5.41) is 21.3. The summed E-state index contributed by atoms with van der Waals surface area (Å²) in [4.78, 5) is 24.0. The van der Waals surface area contributed by atoms with E-state index in [4.69, 9.17) is 38.5 Å². The van der Waals surface area contributed by atoms with Crippen molar-refractivity contribution in [2.75, 3.05) is 12.4 Å². The fourth-order valence-electron chi connectivity index (χ4n) is 2.89. The molecule has 0 saturated heterocycles. The van der Waals surface area contributed by atoms with Gasteiger partial charge in [-0.2, -0.15) is 10.5 Å². The molecule has 1 amide bonds. The van der Waals surface area contributed by atoms with Crippen molar-refractivity contribution in [3.8, 4) is 23.6 Å². The number of methoxy groups -OCH3 is 1. The molecule has 0 atom stereocenters. The molecule has 1 N–H and O–H groups in total. The first kappa shape index (κ1) is 23.6. The smallest absolute Gasteiger partial charge is 0.337 e. The zero-order valence-corrected chi connectivity index (χ0v) is 18.7. The van der Waals surface area contributed by atoms with E-state index in [9.17, 15) is 9.59 Å². The first-order valence-corrected chi connectivity index (χ1v) is 10.2. The van der Waals surface area contributed by atoms with Crippen LogP contribution in [0, 0.1) is 22.7 Å². The Hall–Kier alpha value is -4.04. The quantitative estimate of drug-likeness (QED) is 0.467. The highest BCUT2D eigenvalue weighted by molar-refractivity contribution is 6.34. The van der Waals surface area contributed by atoms with Gasteiger partial charge in [0.2, 0.25) is 5.91 Å². The summed E-state index contributed by atoms with van der Waals surface area (Å²) in [6.07, 6.45) is 0.0115. The monoisotopic (exact) mass is 479 g/mol. The van der Waals surface area contributed by atoms with Crippen molar-refractivity contribution >= 4 is 40.8 Å². The standard InChI is InChI=1S/C24H15Cl2N3O4/c1-32-24(31)17-3-4-21(19(25)11-17)29-23(30)10-14-2-5-22(20(26)9-14)33-18-7-15(12-27)6-16(8-18)13-28/h2-9,11H,10H2,1H3,(H,29,30). The van der Waals surface area contributed by atoms with Crippen LogP contribution in [-0.2, 0) is 16.0 Å². The number of esters is 1. The van der Waals surface area contributed by atoms with Gasteiger partial charge < -0.3 is 14.8 Å². The van der Waals surface area contributed by atoms with E-state index in [-0.39, 0.29) is 39.1 Å². The molecule has 3 aromatic rings. The van der Waals surface area contributed by atoms with E-state index in [0.717, 1.165) is 0 Å². The highest BCUT2D eigenvalue weighted by atomic mass is 35.5. The summed E-state index contributed by atoms with van der Waals surface area (Å²) in [5.74, 6) is -0.271. The van der Waals surface area contributed by atoms with Gasteiger partial charge in [0.25, 0.3) is 0 Å². The number of rotatable bonds is 6.